The lowest BCUT2D eigenvalue weighted by Crippen LogP contribution is -2.37. The monoisotopic (exact) mass is 327 g/mol. The van der Waals surface area contributed by atoms with Crippen molar-refractivity contribution in [3.8, 4) is 0 Å². The number of alkyl carbamates (subject to hydrolysis) is 1. The third-order valence-electron chi connectivity index (χ3n) is 3.71. The number of benzene rings is 1. The minimum atomic E-state index is -3.46. The molecule has 0 unspecified atom stereocenters. The summed E-state index contributed by atoms with van der Waals surface area (Å²) in [4.78, 5) is 22.9. The highest BCUT2D eigenvalue weighted by atomic mass is 32.2. The van der Waals surface area contributed by atoms with Crippen molar-refractivity contribution < 1.29 is 27.9 Å². The molecule has 0 aliphatic heterocycles. The fourth-order valence-electron chi connectivity index (χ4n) is 2.32. The molecule has 1 aromatic carbocycles. The average molecular weight is 327 g/mol. The molecule has 2 rings (SSSR count). The highest BCUT2D eigenvalue weighted by molar-refractivity contribution is 7.91. The molecule has 1 aliphatic rings. The maximum absolute atomic E-state index is 11.6. The van der Waals surface area contributed by atoms with Crippen molar-refractivity contribution >= 4 is 21.9 Å². The molecule has 22 heavy (non-hydrogen) atoms. The Morgan fingerprint density at radius 3 is 2.50 bits per heavy atom. The van der Waals surface area contributed by atoms with Gasteiger partial charge in [-0.3, -0.25) is 4.79 Å². The fraction of sp³-hybridized carbons (Fsp3) is 0.429. The van der Waals surface area contributed by atoms with Gasteiger partial charge >= 0.3 is 12.1 Å². The number of rotatable bonds is 6. The van der Waals surface area contributed by atoms with Gasteiger partial charge in [-0.15, -0.1) is 0 Å². The highest BCUT2D eigenvalue weighted by Gasteiger charge is 2.65. The Hall–Kier alpha value is -2.09. The molecule has 0 radical (unpaired) electrons. The summed E-state index contributed by atoms with van der Waals surface area (Å²) < 4.78 is 27.9. The van der Waals surface area contributed by atoms with Gasteiger partial charge in [-0.05, 0) is 12.0 Å². The Kier molecular flexibility index (Phi) is 4.41. The van der Waals surface area contributed by atoms with Gasteiger partial charge in [-0.2, -0.15) is 0 Å². The molecule has 1 fully saturated rings. The van der Waals surface area contributed by atoms with Gasteiger partial charge in [0.2, 0.25) is 0 Å². The summed E-state index contributed by atoms with van der Waals surface area (Å²) >= 11 is 0. The first-order valence-electron chi connectivity index (χ1n) is 6.62. The highest BCUT2D eigenvalue weighted by Crippen LogP contribution is 2.50. The number of ether oxygens (including phenoxy) is 1. The van der Waals surface area contributed by atoms with E-state index in [2.05, 4.69) is 5.32 Å². The number of carboxylic acid groups (broad SMARTS) is 1. The number of carbonyl (C=O) groups is 2. The molecule has 7 nitrogen and oxygen atoms in total. The van der Waals surface area contributed by atoms with Gasteiger partial charge in [0.15, 0.2) is 9.84 Å². The fourth-order valence-corrected chi connectivity index (χ4v) is 3.93. The van der Waals surface area contributed by atoms with Gasteiger partial charge in [0.1, 0.15) is 12.0 Å². The van der Waals surface area contributed by atoms with Gasteiger partial charge < -0.3 is 15.2 Å². The number of carboxylic acids is 1. The van der Waals surface area contributed by atoms with E-state index in [9.17, 15) is 23.1 Å². The number of nitrogens with one attached hydrogen (secondary N) is 1. The maximum atomic E-state index is 11.6. The molecule has 1 amide bonds. The second kappa shape index (κ2) is 5.96. The number of sulfone groups is 1. The summed E-state index contributed by atoms with van der Waals surface area (Å²) in [5.41, 5.74) is -0.648. The van der Waals surface area contributed by atoms with Crippen molar-refractivity contribution in [1.29, 1.82) is 0 Å². The van der Waals surface area contributed by atoms with E-state index in [0.29, 0.717) is 0 Å². The topological polar surface area (TPSA) is 110 Å². The summed E-state index contributed by atoms with van der Waals surface area (Å²) in [7, 11) is -3.46. The van der Waals surface area contributed by atoms with Crippen molar-refractivity contribution in [1.82, 2.24) is 5.32 Å². The predicted molar refractivity (Wildman–Crippen MR) is 77.9 cm³/mol. The minimum Gasteiger partial charge on any atom is -0.481 e. The van der Waals surface area contributed by atoms with Crippen LogP contribution < -0.4 is 5.32 Å². The van der Waals surface area contributed by atoms with E-state index in [4.69, 9.17) is 4.74 Å². The predicted octanol–water partition coefficient (Wildman–Crippen LogP) is 0.801. The molecule has 0 aromatic heterocycles. The Morgan fingerprint density at radius 2 is 2.00 bits per heavy atom. The molecule has 2 N–H and O–H groups in total. The van der Waals surface area contributed by atoms with Gasteiger partial charge in [-0.1, -0.05) is 30.3 Å². The maximum Gasteiger partial charge on any atom is 0.407 e. The van der Waals surface area contributed by atoms with E-state index >= 15 is 0 Å². The summed E-state index contributed by atoms with van der Waals surface area (Å²) in [6.07, 6.45) is 0.222. The normalized spacial score (nSPS) is 23.6. The van der Waals surface area contributed by atoms with E-state index in [1.165, 1.54) is 0 Å². The van der Waals surface area contributed by atoms with Crippen LogP contribution in [0.3, 0.4) is 0 Å². The van der Waals surface area contributed by atoms with Crippen molar-refractivity contribution in [2.75, 3.05) is 12.8 Å². The van der Waals surface area contributed by atoms with Crippen LogP contribution in [0.15, 0.2) is 30.3 Å². The van der Waals surface area contributed by atoms with Crippen LogP contribution in [0.4, 0.5) is 4.79 Å². The third-order valence-corrected chi connectivity index (χ3v) is 5.36. The second-order valence-electron chi connectivity index (χ2n) is 5.40. The lowest BCUT2D eigenvalue weighted by Gasteiger charge is -2.13. The second-order valence-corrected chi connectivity index (χ2v) is 7.63. The van der Waals surface area contributed by atoms with Crippen LogP contribution in [0, 0.1) is 5.41 Å². The largest absolute Gasteiger partial charge is 0.481 e. The first-order chi connectivity index (χ1) is 10.3. The summed E-state index contributed by atoms with van der Waals surface area (Å²) in [5, 5.41) is 10.6. The van der Waals surface area contributed by atoms with E-state index in [1.807, 2.05) is 6.07 Å². The molecule has 0 bridgehead atoms. The number of amides is 1. The zero-order chi connectivity index (χ0) is 16.4. The van der Waals surface area contributed by atoms with Gasteiger partial charge in [0.25, 0.3) is 0 Å². The molecule has 1 saturated carbocycles. The zero-order valence-electron chi connectivity index (χ0n) is 12.0. The van der Waals surface area contributed by atoms with Crippen LogP contribution >= 0.6 is 0 Å². The average Bonchev–Trinajstić information content (AvgIpc) is 3.20. The van der Waals surface area contributed by atoms with Crippen LogP contribution in [0.1, 0.15) is 12.0 Å². The van der Waals surface area contributed by atoms with Gasteiger partial charge in [0, 0.05) is 12.8 Å². The minimum absolute atomic E-state index is 0.000131. The Morgan fingerprint density at radius 1 is 1.36 bits per heavy atom. The number of carbonyl (C=O) groups excluding carboxylic acids is 1. The molecule has 0 spiro atoms. The first kappa shape index (κ1) is 16.3. The van der Waals surface area contributed by atoms with Crippen molar-refractivity contribution in [2.45, 2.75) is 18.3 Å². The molecule has 8 heteroatoms. The molecule has 1 aliphatic carbocycles. The van der Waals surface area contributed by atoms with Crippen LogP contribution in [0.5, 0.6) is 0 Å². The summed E-state index contributed by atoms with van der Waals surface area (Å²) in [6.45, 7) is -0.212. The molecular formula is C14H17NO6S. The van der Waals surface area contributed by atoms with Crippen molar-refractivity contribution in [3.63, 3.8) is 0 Å². The number of aliphatic carboxylic acids is 1. The molecule has 120 valence electrons. The van der Waals surface area contributed by atoms with Crippen LogP contribution in [-0.2, 0) is 26.0 Å². The summed E-state index contributed by atoms with van der Waals surface area (Å²) in [5.74, 6) is -1.23. The van der Waals surface area contributed by atoms with Gasteiger partial charge in [-0.25, -0.2) is 13.2 Å². The van der Waals surface area contributed by atoms with Crippen LogP contribution in [-0.4, -0.2) is 43.6 Å². The van der Waals surface area contributed by atoms with Crippen LogP contribution in [0.2, 0.25) is 0 Å². The van der Waals surface area contributed by atoms with Crippen molar-refractivity contribution in [2.24, 2.45) is 5.41 Å². The van der Waals surface area contributed by atoms with E-state index in [1.54, 1.807) is 24.3 Å². The summed E-state index contributed by atoms with van der Waals surface area (Å²) in [6, 6.07) is 9.01. The van der Waals surface area contributed by atoms with Gasteiger partial charge in [0.05, 0.1) is 5.25 Å². The zero-order valence-corrected chi connectivity index (χ0v) is 12.8. The third kappa shape index (κ3) is 3.56. The van der Waals surface area contributed by atoms with Crippen LogP contribution in [0.25, 0.3) is 0 Å². The molecule has 0 saturated heterocycles. The first-order valence-corrected chi connectivity index (χ1v) is 8.58. The van der Waals surface area contributed by atoms with E-state index in [-0.39, 0.29) is 19.6 Å². The lowest BCUT2D eigenvalue weighted by atomic mass is 10.1. The Bertz CT molecular complexity index is 672. The standard InChI is InChI=1S/C14H17NO6S/c1-22(19,20)11-7-14(11,12(16)17)9-15-13(18)21-8-10-5-3-2-4-6-10/h2-6,11H,7-9H2,1H3,(H,15,18)(H,16,17)/t11-,14+/m1/s1. The Labute approximate surface area is 128 Å². The van der Waals surface area contributed by atoms with E-state index in [0.717, 1.165) is 11.8 Å². The molecular weight excluding hydrogens is 310 g/mol. The van der Waals surface area contributed by atoms with E-state index < -0.39 is 32.6 Å². The molecule has 1 aromatic rings. The number of hydrogen-bond acceptors (Lipinski definition) is 5. The Balaban J connectivity index is 1.86. The molecule has 2 atom stereocenters. The quantitative estimate of drug-likeness (QED) is 0.800. The lowest BCUT2D eigenvalue weighted by molar-refractivity contribution is -0.143. The number of hydrogen-bond donors (Lipinski definition) is 2. The smallest absolute Gasteiger partial charge is 0.407 e. The SMILES string of the molecule is CS(=O)(=O)[C@@H]1C[C@@]1(CNC(=O)OCc1ccccc1)C(=O)O. The molecule has 0 heterocycles. The van der Waals surface area contributed by atoms with Crippen molar-refractivity contribution in [3.05, 3.63) is 35.9 Å².